The van der Waals surface area contributed by atoms with Crippen molar-refractivity contribution in [1.82, 2.24) is 4.57 Å². The van der Waals surface area contributed by atoms with E-state index in [1.165, 1.54) is 16.7 Å². The Labute approximate surface area is 167 Å². The number of aliphatic carboxylic acids is 1. The van der Waals surface area contributed by atoms with Crippen LogP contribution in [0.3, 0.4) is 0 Å². The summed E-state index contributed by atoms with van der Waals surface area (Å²) in [6.07, 6.45) is 0.289. The van der Waals surface area contributed by atoms with E-state index in [4.69, 9.17) is 23.2 Å². The summed E-state index contributed by atoms with van der Waals surface area (Å²) < 4.78 is 15.4. The minimum absolute atomic E-state index is 0.0971. The van der Waals surface area contributed by atoms with E-state index >= 15 is 0 Å². The summed E-state index contributed by atoms with van der Waals surface area (Å²) in [5.74, 6) is -2.35. The lowest BCUT2D eigenvalue weighted by atomic mass is 10.2. The van der Waals surface area contributed by atoms with Crippen LogP contribution in [0.5, 0.6) is 0 Å². The number of amides is 1. The van der Waals surface area contributed by atoms with Crippen LogP contribution in [0.15, 0.2) is 41.4 Å². The molecule has 3 aromatic rings. The number of carboxylic acid groups (broad SMARTS) is 1. The van der Waals surface area contributed by atoms with Crippen molar-refractivity contribution in [2.24, 2.45) is 4.99 Å². The third-order valence-electron chi connectivity index (χ3n) is 3.95. The predicted molar refractivity (Wildman–Crippen MR) is 103 cm³/mol. The third-order valence-corrected chi connectivity index (χ3v) is 5.77. The second-order valence-corrected chi connectivity index (χ2v) is 7.44. The molecule has 0 fully saturated rings. The highest BCUT2D eigenvalue weighted by atomic mass is 35.5. The second kappa shape index (κ2) is 7.80. The lowest BCUT2D eigenvalue weighted by Gasteiger charge is -2.13. The first-order valence-electron chi connectivity index (χ1n) is 7.90. The molecule has 5 nitrogen and oxygen atoms in total. The highest BCUT2D eigenvalue weighted by Crippen LogP contribution is 2.29. The van der Waals surface area contributed by atoms with Gasteiger partial charge in [0.25, 0.3) is 5.91 Å². The van der Waals surface area contributed by atoms with Gasteiger partial charge in [0.05, 0.1) is 20.3 Å². The molecule has 0 aliphatic carbocycles. The van der Waals surface area contributed by atoms with Crippen LogP contribution in [0.25, 0.3) is 10.2 Å². The van der Waals surface area contributed by atoms with Crippen molar-refractivity contribution in [3.63, 3.8) is 0 Å². The van der Waals surface area contributed by atoms with Crippen LogP contribution in [0.4, 0.5) is 4.39 Å². The molecule has 0 saturated carbocycles. The number of fused-ring (bicyclic) bond motifs is 1. The molecule has 27 heavy (non-hydrogen) atoms. The summed E-state index contributed by atoms with van der Waals surface area (Å²) in [6, 6.07) is 7.72. The lowest BCUT2D eigenvalue weighted by molar-refractivity contribution is -0.140. The van der Waals surface area contributed by atoms with E-state index < -0.39 is 23.7 Å². The van der Waals surface area contributed by atoms with E-state index in [1.54, 1.807) is 25.1 Å². The molecule has 9 heteroatoms. The molecule has 0 radical (unpaired) electrons. The fraction of sp³-hybridized carbons (Fsp3) is 0.167. The molecule has 140 valence electrons. The summed E-state index contributed by atoms with van der Waals surface area (Å²) in [7, 11) is 0. The molecule has 0 saturated heterocycles. The third kappa shape index (κ3) is 3.76. The predicted octanol–water partition coefficient (Wildman–Crippen LogP) is 4.93. The Morgan fingerprint density at radius 1 is 1.26 bits per heavy atom. The number of nitrogens with zero attached hydrogens (tertiary/aromatic N) is 2. The van der Waals surface area contributed by atoms with Crippen LogP contribution in [0.1, 0.15) is 29.7 Å². The van der Waals surface area contributed by atoms with Gasteiger partial charge in [-0.25, -0.2) is 9.18 Å². The molecular weight excluding hydrogens is 414 g/mol. The van der Waals surface area contributed by atoms with E-state index in [9.17, 15) is 19.1 Å². The van der Waals surface area contributed by atoms with E-state index in [1.807, 2.05) is 0 Å². The van der Waals surface area contributed by atoms with Crippen LogP contribution in [0, 0.1) is 5.82 Å². The first-order valence-corrected chi connectivity index (χ1v) is 9.47. The van der Waals surface area contributed by atoms with Crippen molar-refractivity contribution in [3.8, 4) is 0 Å². The maximum Gasteiger partial charge on any atom is 0.326 e. The number of carbonyl (C=O) groups is 2. The van der Waals surface area contributed by atoms with Gasteiger partial charge in [-0.3, -0.25) is 4.79 Å². The zero-order valence-electron chi connectivity index (χ0n) is 13.9. The summed E-state index contributed by atoms with van der Waals surface area (Å²) in [6.45, 7) is 1.73. The summed E-state index contributed by atoms with van der Waals surface area (Å²) in [4.78, 5) is 28.5. The largest absolute Gasteiger partial charge is 0.480 e. The Morgan fingerprint density at radius 3 is 2.63 bits per heavy atom. The second-order valence-electron chi connectivity index (χ2n) is 5.65. The first kappa shape index (κ1) is 19.5. The van der Waals surface area contributed by atoms with Gasteiger partial charge in [-0.15, -0.1) is 0 Å². The van der Waals surface area contributed by atoms with Gasteiger partial charge in [0.1, 0.15) is 11.9 Å². The monoisotopic (exact) mass is 426 g/mol. The molecule has 1 heterocycles. The number of carboxylic acids is 1. The molecule has 0 bridgehead atoms. The van der Waals surface area contributed by atoms with Crippen molar-refractivity contribution in [2.45, 2.75) is 19.4 Å². The van der Waals surface area contributed by atoms with Crippen molar-refractivity contribution >= 4 is 56.6 Å². The Kier molecular flexibility index (Phi) is 5.64. The average molecular weight is 427 g/mol. The molecule has 0 aliphatic heterocycles. The number of halogens is 3. The van der Waals surface area contributed by atoms with E-state index in [0.717, 1.165) is 17.4 Å². The molecule has 1 aromatic heterocycles. The van der Waals surface area contributed by atoms with Crippen molar-refractivity contribution < 1.29 is 19.1 Å². The Hall–Kier alpha value is -2.22. The number of hydrogen-bond donors (Lipinski definition) is 1. The Morgan fingerprint density at radius 2 is 2.00 bits per heavy atom. The summed E-state index contributed by atoms with van der Waals surface area (Å²) in [5.41, 5.74) is 0.672. The highest BCUT2D eigenvalue weighted by Gasteiger charge is 2.23. The molecule has 1 atom stereocenters. The van der Waals surface area contributed by atoms with Gasteiger partial charge >= 0.3 is 5.97 Å². The van der Waals surface area contributed by atoms with E-state index in [0.29, 0.717) is 15.2 Å². The fourth-order valence-corrected chi connectivity index (χ4v) is 4.20. The van der Waals surface area contributed by atoms with Crippen molar-refractivity contribution in [2.75, 3.05) is 0 Å². The maximum atomic E-state index is 13.3. The number of hydrogen-bond acceptors (Lipinski definition) is 3. The van der Waals surface area contributed by atoms with Gasteiger partial charge in [-0.2, -0.15) is 4.99 Å². The van der Waals surface area contributed by atoms with Crippen LogP contribution in [0.2, 0.25) is 10.0 Å². The van der Waals surface area contributed by atoms with Crippen molar-refractivity contribution in [3.05, 3.63) is 62.6 Å². The summed E-state index contributed by atoms with van der Waals surface area (Å²) >= 11 is 13.1. The molecule has 0 aliphatic rings. The smallest absolute Gasteiger partial charge is 0.326 e. The molecular formula is C18H13Cl2FN2O3S. The van der Waals surface area contributed by atoms with Crippen LogP contribution < -0.4 is 4.80 Å². The van der Waals surface area contributed by atoms with E-state index in [-0.39, 0.29) is 21.8 Å². The number of rotatable bonds is 4. The molecule has 1 N–H and O–H groups in total. The van der Waals surface area contributed by atoms with Gasteiger partial charge in [0, 0.05) is 5.56 Å². The summed E-state index contributed by atoms with van der Waals surface area (Å²) in [5, 5.41) is 9.82. The zero-order chi connectivity index (χ0) is 19.7. The fourth-order valence-electron chi connectivity index (χ4n) is 2.66. The molecule has 0 spiro atoms. The van der Waals surface area contributed by atoms with Crippen LogP contribution in [-0.2, 0) is 4.79 Å². The number of thiazole rings is 1. The minimum Gasteiger partial charge on any atom is -0.480 e. The molecule has 3 rings (SSSR count). The number of carbonyl (C=O) groups excluding carboxylic acids is 1. The lowest BCUT2D eigenvalue weighted by Crippen LogP contribution is -2.27. The van der Waals surface area contributed by atoms with Gasteiger partial charge in [-0.05, 0) is 36.8 Å². The van der Waals surface area contributed by atoms with Gasteiger partial charge < -0.3 is 9.67 Å². The minimum atomic E-state index is -1.05. The quantitative estimate of drug-likeness (QED) is 0.642. The number of aromatic nitrogens is 1. The normalized spacial score (nSPS) is 13.1. The number of benzene rings is 2. The van der Waals surface area contributed by atoms with Gasteiger partial charge in [-0.1, -0.05) is 47.5 Å². The first-order chi connectivity index (χ1) is 12.8. The molecule has 2 aromatic carbocycles. The van der Waals surface area contributed by atoms with Gasteiger partial charge in [0.15, 0.2) is 4.80 Å². The van der Waals surface area contributed by atoms with Crippen LogP contribution >= 0.6 is 34.5 Å². The average Bonchev–Trinajstić information content (AvgIpc) is 2.97. The van der Waals surface area contributed by atoms with Gasteiger partial charge in [0.2, 0.25) is 0 Å². The van der Waals surface area contributed by atoms with E-state index in [2.05, 4.69) is 4.99 Å². The highest BCUT2D eigenvalue weighted by molar-refractivity contribution is 7.17. The SMILES string of the molecule is CCC(C(=O)O)n1/c(=N/C(=O)c2ccc(F)c(Cl)c2)sc2c(Cl)cccc21. The Balaban J connectivity index is 2.24. The Bertz CT molecular complexity index is 1120. The molecule has 1 unspecified atom stereocenters. The topological polar surface area (TPSA) is 71.7 Å². The standard InChI is InChI=1S/C18H13Cl2FN2O3S/c1-2-13(17(25)26)23-14-5-3-4-10(19)15(14)27-18(23)22-16(24)9-6-7-12(21)11(20)8-9/h3-8,13H,2H2,1H3,(H,25,26)/b22-18-. The van der Waals surface area contributed by atoms with Crippen LogP contribution in [-0.4, -0.2) is 21.6 Å². The maximum absolute atomic E-state index is 13.3. The van der Waals surface area contributed by atoms with Crippen molar-refractivity contribution in [1.29, 1.82) is 0 Å². The zero-order valence-corrected chi connectivity index (χ0v) is 16.3. The molecule has 1 amide bonds.